The van der Waals surface area contributed by atoms with E-state index in [9.17, 15) is 9.90 Å². The molecule has 0 bridgehead atoms. The molecule has 2 aliphatic heterocycles. The molecule has 1 saturated carbocycles. The minimum Gasteiger partial charge on any atom is -0.396 e. The number of hydrogen-bond donors (Lipinski definition) is 2. The van der Waals surface area contributed by atoms with E-state index in [4.69, 9.17) is 23.2 Å². The Bertz CT molecular complexity index is 1030. The molecule has 1 amide bonds. The standard InChI is InChI=1S/C23H24Cl2FN3O2/c24-18-5-1-4-15(20(18)26)17-11-14(3-2-10-30)29(12-13-6-7-13)23(17)16-8-9-19(25)27-21(16)28-22(23)31/h1,4-5,8-9,13-14,17,30H,2-3,6-7,10-12H2,(H,27,28,31). The maximum absolute atomic E-state index is 15.3. The van der Waals surface area contributed by atoms with Crippen molar-refractivity contribution >= 4 is 34.9 Å². The summed E-state index contributed by atoms with van der Waals surface area (Å²) < 4.78 is 15.3. The summed E-state index contributed by atoms with van der Waals surface area (Å²) in [6.07, 6.45) is 4.21. The van der Waals surface area contributed by atoms with Crippen LogP contribution in [0.1, 0.15) is 49.1 Å². The molecule has 2 aromatic rings. The van der Waals surface area contributed by atoms with Gasteiger partial charge in [0, 0.05) is 30.7 Å². The molecule has 3 atom stereocenters. The minimum absolute atomic E-state index is 0.0310. The van der Waals surface area contributed by atoms with Crippen molar-refractivity contribution in [2.45, 2.75) is 49.6 Å². The van der Waals surface area contributed by atoms with Gasteiger partial charge in [0.2, 0.25) is 0 Å². The molecule has 3 unspecified atom stereocenters. The molecule has 5 rings (SSSR count). The molecule has 1 aromatic carbocycles. The van der Waals surface area contributed by atoms with E-state index in [1.165, 1.54) is 6.07 Å². The number of benzene rings is 1. The highest BCUT2D eigenvalue weighted by molar-refractivity contribution is 6.30. The van der Waals surface area contributed by atoms with Crippen molar-refractivity contribution in [1.29, 1.82) is 0 Å². The first-order valence-electron chi connectivity index (χ1n) is 10.8. The van der Waals surface area contributed by atoms with Gasteiger partial charge in [-0.05, 0) is 61.8 Å². The molecule has 5 nitrogen and oxygen atoms in total. The number of nitrogens with one attached hydrogen (secondary N) is 1. The molecular weight excluding hydrogens is 440 g/mol. The largest absolute Gasteiger partial charge is 0.396 e. The number of carbonyl (C=O) groups is 1. The van der Waals surface area contributed by atoms with Gasteiger partial charge in [0.1, 0.15) is 22.3 Å². The third kappa shape index (κ3) is 3.35. The van der Waals surface area contributed by atoms with Crippen LogP contribution in [0.15, 0.2) is 30.3 Å². The van der Waals surface area contributed by atoms with Gasteiger partial charge in [0.15, 0.2) is 0 Å². The number of aliphatic hydroxyl groups is 1. The van der Waals surface area contributed by atoms with Gasteiger partial charge in [-0.25, -0.2) is 9.37 Å². The molecule has 1 spiro atoms. The van der Waals surface area contributed by atoms with Crippen LogP contribution < -0.4 is 5.32 Å². The van der Waals surface area contributed by atoms with Crippen molar-refractivity contribution < 1.29 is 14.3 Å². The van der Waals surface area contributed by atoms with Crippen molar-refractivity contribution in [1.82, 2.24) is 9.88 Å². The third-order valence-corrected chi connectivity index (χ3v) is 7.46. The van der Waals surface area contributed by atoms with Gasteiger partial charge in [-0.3, -0.25) is 9.69 Å². The zero-order chi connectivity index (χ0) is 21.8. The number of anilines is 1. The van der Waals surface area contributed by atoms with Crippen LogP contribution in [0.3, 0.4) is 0 Å². The van der Waals surface area contributed by atoms with Crippen LogP contribution in [0.2, 0.25) is 10.2 Å². The second-order valence-corrected chi connectivity index (χ2v) is 9.59. The van der Waals surface area contributed by atoms with E-state index in [2.05, 4.69) is 15.2 Å². The fourth-order valence-electron chi connectivity index (χ4n) is 5.47. The van der Waals surface area contributed by atoms with E-state index in [-0.39, 0.29) is 23.6 Å². The molecule has 1 saturated heterocycles. The number of halogens is 3. The third-order valence-electron chi connectivity index (χ3n) is 6.96. The number of aliphatic hydroxyl groups excluding tert-OH is 1. The molecule has 3 heterocycles. The van der Waals surface area contributed by atoms with Crippen molar-refractivity contribution in [2.75, 3.05) is 18.5 Å². The lowest BCUT2D eigenvalue weighted by atomic mass is 9.75. The lowest BCUT2D eigenvalue weighted by molar-refractivity contribution is -0.128. The number of likely N-dealkylation sites (tertiary alicyclic amines) is 1. The van der Waals surface area contributed by atoms with E-state index < -0.39 is 17.3 Å². The summed E-state index contributed by atoms with van der Waals surface area (Å²) in [7, 11) is 0. The molecule has 8 heteroatoms. The monoisotopic (exact) mass is 463 g/mol. The summed E-state index contributed by atoms with van der Waals surface area (Å²) in [5.41, 5.74) is 0.0948. The van der Waals surface area contributed by atoms with E-state index in [1.54, 1.807) is 18.2 Å². The number of pyridine rings is 1. The fraction of sp³-hybridized carbons (Fsp3) is 0.478. The molecule has 31 heavy (non-hydrogen) atoms. The van der Waals surface area contributed by atoms with Gasteiger partial charge in [-0.15, -0.1) is 0 Å². The van der Waals surface area contributed by atoms with Crippen molar-refractivity contribution in [3.05, 3.63) is 57.5 Å². The summed E-state index contributed by atoms with van der Waals surface area (Å²) in [5.74, 6) is -0.153. The topological polar surface area (TPSA) is 65.5 Å². The van der Waals surface area contributed by atoms with Gasteiger partial charge in [0.05, 0.1) is 5.02 Å². The van der Waals surface area contributed by atoms with Crippen LogP contribution in [0.4, 0.5) is 10.2 Å². The lowest BCUT2D eigenvalue weighted by Crippen LogP contribution is -2.52. The summed E-state index contributed by atoms with van der Waals surface area (Å²) in [6.45, 7) is 0.834. The van der Waals surface area contributed by atoms with Crippen LogP contribution in [0.25, 0.3) is 0 Å². The van der Waals surface area contributed by atoms with Gasteiger partial charge in [-0.1, -0.05) is 35.3 Å². The van der Waals surface area contributed by atoms with E-state index in [0.29, 0.717) is 35.3 Å². The predicted octanol–water partition coefficient (Wildman–Crippen LogP) is 4.72. The van der Waals surface area contributed by atoms with Gasteiger partial charge < -0.3 is 10.4 Å². The number of amides is 1. The minimum atomic E-state index is -1.08. The van der Waals surface area contributed by atoms with Crippen LogP contribution in [0.5, 0.6) is 0 Å². The van der Waals surface area contributed by atoms with Crippen LogP contribution in [-0.4, -0.2) is 40.1 Å². The lowest BCUT2D eigenvalue weighted by Gasteiger charge is -2.40. The quantitative estimate of drug-likeness (QED) is 0.608. The Morgan fingerprint density at radius 2 is 2.06 bits per heavy atom. The van der Waals surface area contributed by atoms with Crippen LogP contribution in [0, 0.1) is 11.7 Å². The molecular formula is C23H24Cl2FN3O2. The molecule has 2 fully saturated rings. The second-order valence-electron chi connectivity index (χ2n) is 8.80. The Balaban J connectivity index is 1.71. The second kappa shape index (κ2) is 8.00. The first-order chi connectivity index (χ1) is 15.0. The number of hydrogen-bond acceptors (Lipinski definition) is 4. The normalized spacial score (nSPS) is 27.7. The van der Waals surface area contributed by atoms with Crippen LogP contribution >= 0.6 is 23.2 Å². The first-order valence-corrected chi connectivity index (χ1v) is 11.5. The smallest absolute Gasteiger partial charge is 0.251 e. The number of fused-ring (bicyclic) bond motifs is 2. The van der Waals surface area contributed by atoms with Gasteiger partial charge >= 0.3 is 0 Å². The van der Waals surface area contributed by atoms with E-state index >= 15 is 4.39 Å². The first kappa shape index (κ1) is 21.1. The zero-order valence-electron chi connectivity index (χ0n) is 17.0. The SMILES string of the molecule is O=C1Nc2nc(Cl)ccc2C12C(c1cccc(Cl)c1F)CC(CCCO)N2CC1CC1. The highest BCUT2D eigenvalue weighted by Gasteiger charge is 2.64. The highest BCUT2D eigenvalue weighted by atomic mass is 35.5. The summed E-state index contributed by atoms with van der Waals surface area (Å²) >= 11 is 12.3. The fourth-order valence-corrected chi connectivity index (χ4v) is 5.80. The highest BCUT2D eigenvalue weighted by Crippen LogP contribution is 2.58. The van der Waals surface area contributed by atoms with Gasteiger partial charge in [-0.2, -0.15) is 0 Å². The Hall–Kier alpha value is -1.73. The maximum atomic E-state index is 15.3. The Labute approximate surface area is 190 Å². The molecule has 164 valence electrons. The number of carbonyl (C=O) groups excluding carboxylic acids is 1. The Morgan fingerprint density at radius 3 is 2.81 bits per heavy atom. The van der Waals surface area contributed by atoms with E-state index in [0.717, 1.165) is 31.4 Å². The van der Waals surface area contributed by atoms with Crippen molar-refractivity contribution in [2.24, 2.45) is 5.92 Å². The maximum Gasteiger partial charge on any atom is 0.251 e. The molecule has 3 aliphatic rings. The molecule has 0 radical (unpaired) electrons. The summed E-state index contributed by atoms with van der Waals surface area (Å²) in [6, 6.07) is 8.54. The van der Waals surface area contributed by atoms with Gasteiger partial charge in [0.25, 0.3) is 5.91 Å². The average molecular weight is 464 g/mol. The van der Waals surface area contributed by atoms with Crippen molar-refractivity contribution in [3.63, 3.8) is 0 Å². The molecule has 1 aromatic heterocycles. The predicted molar refractivity (Wildman–Crippen MR) is 118 cm³/mol. The Morgan fingerprint density at radius 1 is 1.26 bits per heavy atom. The summed E-state index contributed by atoms with van der Waals surface area (Å²) in [4.78, 5) is 20.3. The number of nitrogens with zero attached hydrogens (tertiary/aromatic N) is 2. The zero-order valence-corrected chi connectivity index (χ0v) is 18.5. The van der Waals surface area contributed by atoms with E-state index in [1.807, 2.05) is 6.07 Å². The average Bonchev–Trinajstić information content (AvgIpc) is 3.45. The number of rotatable bonds is 6. The number of aromatic nitrogens is 1. The van der Waals surface area contributed by atoms with Crippen molar-refractivity contribution in [3.8, 4) is 0 Å². The van der Waals surface area contributed by atoms with Crippen LogP contribution in [-0.2, 0) is 10.3 Å². The summed E-state index contributed by atoms with van der Waals surface area (Å²) in [5, 5.41) is 12.7. The Kier molecular flexibility index (Phi) is 5.45. The molecule has 2 N–H and O–H groups in total. The molecule has 1 aliphatic carbocycles.